The van der Waals surface area contributed by atoms with Gasteiger partial charge in [-0.25, -0.2) is 9.59 Å². The molecule has 0 aromatic carbocycles. The highest BCUT2D eigenvalue weighted by Crippen LogP contribution is 2.29. The van der Waals surface area contributed by atoms with Crippen LogP contribution in [0, 0.1) is 5.41 Å². The summed E-state index contributed by atoms with van der Waals surface area (Å²) in [6.45, 7) is 9.58. The predicted molar refractivity (Wildman–Crippen MR) is 58.4 cm³/mol. The number of carbonyl (C=O) groups excluding carboxylic acids is 2. The van der Waals surface area contributed by atoms with Crippen molar-refractivity contribution in [3.05, 3.63) is 0 Å². The summed E-state index contributed by atoms with van der Waals surface area (Å²) in [5, 5.41) is 4.22. The van der Waals surface area contributed by atoms with E-state index in [-0.39, 0.29) is 5.41 Å². The van der Waals surface area contributed by atoms with Crippen molar-refractivity contribution < 1.29 is 28.7 Å². The molecule has 7 heteroatoms. The summed E-state index contributed by atoms with van der Waals surface area (Å²) in [5.74, 6) is -2.78. The highest BCUT2D eigenvalue weighted by molar-refractivity contribution is 6.34. The number of rotatable bonds is 4. The molecular weight excluding hydrogens is 252 g/mol. The summed E-state index contributed by atoms with van der Waals surface area (Å²) in [4.78, 5) is 30.2. The second-order valence-corrected chi connectivity index (χ2v) is 5.54. The van der Waals surface area contributed by atoms with Gasteiger partial charge >= 0.3 is 11.9 Å². The van der Waals surface area contributed by atoms with Crippen molar-refractivity contribution in [3.8, 4) is 0 Å². The molecule has 0 N–H and O–H groups in total. The summed E-state index contributed by atoms with van der Waals surface area (Å²) in [6, 6.07) is 0. The van der Waals surface area contributed by atoms with Crippen molar-refractivity contribution >= 4 is 23.8 Å². The lowest BCUT2D eigenvalue weighted by molar-refractivity contribution is -0.517. The molecule has 0 saturated heterocycles. The fourth-order valence-electron chi connectivity index (χ4n) is 1.51. The zero-order valence-electron chi connectivity index (χ0n) is 10.5. The van der Waals surface area contributed by atoms with Gasteiger partial charge in [0.05, 0.1) is 0 Å². The van der Waals surface area contributed by atoms with E-state index in [0.717, 1.165) is 0 Å². The van der Waals surface area contributed by atoms with E-state index in [4.69, 9.17) is 4.89 Å². The van der Waals surface area contributed by atoms with Crippen LogP contribution in [0.15, 0.2) is 0 Å². The highest BCUT2D eigenvalue weighted by Gasteiger charge is 2.29. The molecule has 0 aliphatic carbocycles. The third-order valence-electron chi connectivity index (χ3n) is 1.56. The lowest BCUT2D eigenvalue weighted by Crippen LogP contribution is -2.31. The van der Waals surface area contributed by atoms with Gasteiger partial charge in [0.15, 0.2) is 0 Å². The quantitative estimate of drug-likeness (QED) is 0.443. The Kier molecular flexibility index (Phi) is 5.87. The van der Waals surface area contributed by atoms with Crippen LogP contribution in [-0.2, 0) is 28.7 Å². The average molecular weight is 269 g/mol. The van der Waals surface area contributed by atoms with Gasteiger partial charge in [-0.15, -0.1) is 0 Å². The first-order chi connectivity index (χ1) is 7.57. The van der Waals surface area contributed by atoms with E-state index in [2.05, 4.69) is 26.1 Å². The van der Waals surface area contributed by atoms with Crippen LogP contribution in [0.2, 0.25) is 0 Å². The Morgan fingerprint density at radius 1 is 1.06 bits per heavy atom. The molecule has 0 rings (SSSR count). The van der Waals surface area contributed by atoms with Crippen molar-refractivity contribution in [1.82, 2.24) is 0 Å². The Bertz CT molecular complexity index is 281. The van der Waals surface area contributed by atoms with E-state index in [0.29, 0.717) is 6.42 Å². The first-order valence-corrected chi connectivity index (χ1v) is 5.27. The van der Waals surface area contributed by atoms with Gasteiger partial charge in [0.25, 0.3) is 0 Å². The molecule has 0 aromatic rings. The van der Waals surface area contributed by atoms with Crippen LogP contribution in [0.4, 0.5) is 0 Å². The largest absolute Gasteiger partial charge is 0.454 e. The van der Waals surface area contributed by atoms with Crippen molar-refractivity contribution in [2.24, 2.45) is 5.41 Å². The molecule has 0 atom stereocenters. The van der Waals surface area contributed by atoms with Crippen LogP contribution in [0.5, 0.6) is 0 Å². The molecule has 0 aliphatic heterocycles. The molecule has 0 spiro atoms. The molecule has 0 fully saturated rings. The van der Waals surface area contributed by atoms with Gasteiger partial charge in [-0.3, -0.25) is 4.89 Å². The van der Waals surface area contributed by atoms with Crippen LogP contribution in [-0.4, -0.2) is 17.5 Å². The number of halogens is 1. The molecule has 100 valence electrons. The summed E-state index contributed by atoms with van der Waals surface area (Å²) in [6.07, 6.45) is 0.650. The fraction of sp³-hybridized carbons (Fsp3) is 0.800. The molecule has 0 saturated carbocycles. The second kappa shape index (κ2) is 6.18. The molecule has 0 radical (unpaired) electrons. The molecular formula is C10H17ClO6. The highest BCUT2D eigenvalue weighted by atomic mass is 35.5. The van der Waals surface area contributed by atoms with Crippen LogP contribution in [0.3, 0.4) is 0 Å². The minimum Gasteiger partial charge on any atom is -0.338 e. The summed E-state index contributed by atoms with van der Waals surface area (Å²) >= 11 is 4.66. The Morgan fingerprint density at radius 3 is 2.00 bits per heavy atom. The lowest BCUT2D eigenvalue weighted by Gasteiger charge is -2.29. The molecule has 0 unspecified atom stereocenters. The molecule has 0 bridgehead atoms. The molecule has 17 heavy (non-hydrogen) atoms. The number of hydrogen-bond donors (Lipinski definition) is 0. The standard InChI is InChI=1S/C10H17ClO6/c1-9(2,3)6-10(4,5)16-17-15-8(13)7(12)14-11/h6H2,1-5H3. The van der Waals surface area contributed by atoms with Gasteiger partial charge in [-0.2, -0.15) is 4.89 Å². The SMILES string of the molecule is CC(C)(C)CC(C)(C)OOOC(=O)C(=O)OCl. The van der Waals surface area contributed by atoms with Gasteiger partial charge in [0, 0.05) is 0 Å². The zero-order chi connectivity index (χ0) is 13.7. The van der Waals surface area contributed by atoms with Gasteiger partial charge in [0.2, 0.25) is 0 Å². The second-order valence-electron chi connectivity index (χ2n) is 5.38. The van der Waals surface area contributed by atoms with E-state index >= 15 is 0 Å². The Morgan fingerprint density at radius 2 is 1.59 bits per heavy atom. The van der Waals surface area contributed by atoms with Gasteiger partial charge in [0.1, 0.15) is 17.5 Å². The van der Waals surface area contributed by atoms with E-state index in [1.807, 2.05) is 20.8 Å². The van der Waals surface area contributed by atoms with Crippen LogP contribution < -0.4 is 0 Å². The van der Waals surface area contributed by atoms with Crippen molar-refractivity contribution in [2.75, 3.05) is 0 Å². The van der Waals surface area contributed by atoms with E-state index in [9.17, 15) is 9.59 Å². The Hall–Kier alpha value is -0.850. The van der Waals surface area contributed by atoms with Gasteiger partial charge < -0.3 is 4.29 Å². The van der Waals surface area contributed by atoms with Gasteiger partial charge in [-0.1, -0.05) is 20.8 Å². The first kappa shape index (κ1) is 16.1. The van der Waals surface area contributed by atoms with E-state index in [1.165, 1.54) is 0 Å². The predicted octanol–water partition coefficient (Wildman–Crippen LogP) is 2.30. The summed E-state index contributed by atoms with van der Waals surface area (Å²) in [5.41, 5.74) is -0.671. The maximum absolute atomic E-state index is 10.8. The molecule has 0 amide bonds. The lowest BCUT2D eigenvalue weighted by atomic mass is 9.84. The Labute approximate surface area is 105 Å². The topological polar surface area (TPSA) is 71.1 Å². The minimum atomic E-state index is -1.40. The van der Waals surface area contributed by atoms with Crippen LogP contribution in [0.25, 0.3) is 0 Å². The maximum Gasteiger partial charge on any atom is 0.454 e. The summed E-state index contributed by atoms with van der Waals surface area (Å²) < 4.78 is 3.60. The number of hydrogen-bond acceptors (Lipinski definition) is 6. The van der Waals surface area contributed by atoms with Crippen molar-refractivity contribution in [3.63, 3.8) is 0 Å². The van der Waals surface area contributed by atoms with Gasteiger partial charge in [-0.05, 0) is 30.7 Å². The molecule has 0 aromatic heterocycles. The molecule has 0 heterocycles. The van der Waals surface area contributed by atoms with Crippen LogP contribution in [0.1, 0.15) is 41.0 Å². The van der Waals surface area contributed by atoms with Crippen molar-refractivity contribution in [1.29, 1.82) is 0 Å². The minimum absolute atomic E-state index is 0.00589. The number of carbonyl (C=O) groups is 2. The molecule has 0 aliphatic rings. The zero-order valence-corrected chi connectivity index (χ0v) is 11.3. The monoisotopic (exact) mass is 268 g/mol. The maximum atomic E-state index is 10.8. The normalized spacial score (nSPS) is 12.1. The Balaban J connectivity index is 4.03. The third-order valence-corrected chi connectivity index (χ3v) is 1.70. The fourth-order valence-corrected chi connectivity index (χ4v) is 1.58. The summed E-state index contributed by atoms with van der Waals surface area (Å²) in [7, 11) is 0. The smallest absolute Gasteiger partial charge is 0.338 e. The third kappa shape index (κ3) is 7.95. The van der Waals surface area contributed by atoms with E-state index < -0.39 is 17.5 Å². The van der Waals surface area contributed by atoms with E-state index in [1.54, 1.807) is 13.8 Å². The average Bonchev–Trinajstić information content (AvgIpc) is 2.12. The molecule has 6 nitrogen and oxygen atoms in total. The van der Waals surface area contributed by atoms with Crippen molar-refractivity contribution in [2.45, 2.75) is 46.6 Å². The van der Waals surface area contributed by atoms with Crippen LogP contribution >= 0.6 is 11.9 Å². The first-order valence-electron chi connectivity index (χ1n) is 4.97.